The van der Waals surface area contributed by atoms with Crippen molar-refractivity contribution in [2.45, 2.75) is 47.0 Å². The van der Waals surface area contributed by atoms with Crippen molar-refractivity contribution >= 4 is 5.97 Å². The van der Waals surface area contributed by atoms with Gasteiger partial charge in [-0.2, -0.15) is 0 Å². The Bertz CT molecular complexity index is 650. The minimum absolute atomic E-state index is 0.201. The maximum atomic E-state index is 12.2. The zero-order valence-electron chi connectivity index (χ0n) is 17.7. The Morgan fingerprint density at radius 2 is 1.89 bits per heavy atom. The summed E-state index contributed by atoms with van der Waals surface area (Å²) in [6.07, 6.45) is 0.0256. The van der Waals surface area contributed by atoms with Crippen LogP contribution in [0.15, 0.2) is 12.1 Å². The highest BCUT2D eigenvalue weighted by molar-refractivity contribution is 5.75. The lowest BCUT2D eigenvalue weighted by molar-refractivity contribution is -0.240. The molecule has 28 heavy (non-hydrogen) atoms. The highest BCUT2D eigenvalue weighted by Gasteiger charge is 2.38. The van der Waals surface area contributed by atoms with Gasteiger partial charge >= 0.3 is 5.97 Å². The quantitative estimate of drug-likeness (QED) is 0.676. The molecule has 158 valence electrons. The van der Waals surface area contributed by atoms with Crippen molar-refractivity contribution in [1.82, 2.24) is 0 Å². The van der Waals surface area contributed by atoms with Gasteiger partial charge in [-0.15, -0.1) is 0 Å². The van der Waals surface area contributed by atoms with E-state index in [1.165, 1.54) is 0 Å². The molecule has 1 aromatic carbocycles. The molecule has 0 bridgehead atoms. The van der Waals surface area contributed by atoms with Gasteiger partial charge in [0.15, 0.2) is 6.29 Å². The Morgan fingerprint density at radius 1 is 1.25 bits per heavy atom. The molecule has 1 aromatic rings. The van der Waals surface area contributed by atoms with E-state index >= 15 is 0 Å². The summed E-state index contributed by atoms with van der Waals surface area (Å²) in [6.45, 7) is 8.35. The number of carbonyl (C=O) groups excluding carboxylic acids is 1. The number of aliphatic hydroxyl groups excluding tert-OH is 1. The van der Waals surface area contributed by atoms with Crippen molar-refractivity contribution in [1.29, 1.82) is 0 Å². The van der Waals surface area contributed by atoms with Crippen LogP contribution in [-0.2, 0) is 25.6 Å². The fraction of sp³-hybridized carbons (Fsp3) is 0.667. The van der Waals surface area contributed by atoms with E-state index in [9.17, 15) is 9.90 Å². The first-order valence-electron chi connectivity index (χ1n) is 9.45. The molecule has 1 heterocycles. The maximum absolute atomic E-state index is 12.2. The maximum Gasteiger partial charge on any atom is 0.311 e. The molecule has 0 aliphatic carbocycles. The summed E-state index contributed by atoms with van der Waals surface area (Å²) in [7, 11) is 3.09. The van der Waals surface area contributed by atoms with Crippen LogP contribution in [0.4, 0.5) is 0 Å². The van der Waals surface area contributed by atoms with Crippen molar-refractivity contribution in [3.8, 4) is 11.5 Å². The van der Waals surface area contributed by atoms with Crippen LogP contribution < -0.4 is 9.47 Å². The number of ether oxygens (including phenoxy) is 5. The molecule has 1 aliphatic rings. The standard InChI is InChI=1S/C21H32O7/c1-7-20(2,3)19(23)28-13-21(4)11-26-18(27-12-21)17-14(10-22)8-15(24-5)9-16(17)25-6/h8-9,18,22H,7,10-13H2,1-6H3. The summed E-state index contributed by atoms with van der Waals surface area (Å²) in [5.74, 6) is 0.876. The van der Waals surface area contributed by atoms with E-state index in [0.29, 0.717) is 42.3 Å². The van der Waals surface area contributed by atoms with Gasteiger partial charge in [0.25, 0.3) is 0 Å². The van der Waals surface area contributed by atoms with Gasteiger partial charge in [0.2, 0.25) is 0 Å². The first-order valence-corrected chi connectivity index (χ1v) is 9.45. The summed E-state index contributed by atoms with van der Waals surface area (Å²) in [5, 5.41) is 9.76. The lowest BCUT2D eigenvalue weighted by atomic mass is 9.89. The van der Waals surface area contributed by atoms with Gasteiger partial charge in [-0.3, -0.25) is 4.79 Å². The monoisotopic (exact) mass is 396 g/mol. The molecular weight excluding hydrogens is 364 g/mol. The summed E-state index contributed by atoms with van der Waals surface area (Å²) >= 11 is 0. The van der Waals surface area contributed by atoms with Gasteiger partial charge in [0.1, 0.15) is 18.1 Å². The summed E-state index contributed by atoms with van der Waals surface area (Å²) in [4.78, 5) is 12.2. The van der Waals surface area contributed by atoms with Gasteiger partial charge in [-0.1, -0.05) is 13.8 Å². The Hall–Kier alpha value is -1.83. The fourth-order valence-electron chi connectivity index (χ4n) is 2.81. The molecule has 1 saturated heterocycles. The van der Waals surface area contributed by atoms with Crippen molar-refractivity contribution in [3.63, 3.8) is 0 Å². The highest BCUT2D eigenvalue weighted by Crippen LogP contribution is 2.40. The van der Waals surface area contributed by atoms with Crippen molar-refractivity contribution in [2.75, 3.05) is 34.0 Å². The number of methoxy groups -OCH3 is 2. The van der Waals surface area contributed by atoms with Crippen molar-refractivity contribution in [3.05, 3.63) is 23.3 Å². The largest absolute Gasteiger partial charge is 0.497 e. The molecule has 0 unspecified atom stereocenters. The van der Waals surface area contributed by atoms with Crippen molar-refractivity contribution in [2.24, 2.45) is 10.8 Å². The number of rotatable bonds is 8. The van der Waals surface area contributed by atoms with E-state index in [2.05, 4.69) is 0 Å². The van der Waals surface area contributed by atoms with E-state index in [0.717, 1.165) is 0 Å². The van der Waals surface area contributed by atoms with Crippen LogP contribution in [0.2, 0.25) is 0 Å². The van der Waals surface area contributed by atoms with E-state index in [1.807, 2.05) is 27.7 Å². The van der Waals surface area contributed by atoms with Gasteiger partial charge in [-0.05, 0) is 31.9 Å². The molecule has 7 heteroatoms. The first-order chi connectivity index (χ1) is 13.2. The van der Waals surface area contributed by atoms with Crippen LogP contribution in [0.3, 0.4) is 0 Å². The van der Waals surface area contributed by atoms with Crippen LogP contribution in [-0.4, -0.2) is 45.1 Å². The van der Waals surface area contributed by atoms with Crippen LogP contribution in [0.1, 0.15) is 51.5 Å². The number of hydrogen-bond acceptors (Lipinski definition) is 7. The molecule has 0 atom stereocenters. The minimum atomic E-state index is -0.682. The predicted molar refractivity (Wildman–Crippen MR) is 103 cm³/mol. The SMILES string of the molecule is CCC(C)(C)C(=O)OCC1(C)COC(c2c(CO)cc(OC)cc2OC)OC1. The number of hydrogen-bond donors (Lipinski definition) is 1. The number of carbonyl (C=O) groups is 1. The predicted octanol–water partition coefficient (Wildman–Crippen LogP) is 3.23. The third-order valence-corrected chi connectivity index (χ3v) is 5.22. The molecule has 0 saturated carbocycles. The van der Waals surface area contributed by atoms with Gasteiger partial charge in [-0.25, -0.2) is 0 Å². The Balaban J connectivity index is 2.08. The topological polar surface area (TPSA) is 83.5 Å². The second-order valence-corrected chi connectivity index (χ2v) is 8.14. The van der Waals surface area contributed by atoms with E-state index in [-0.39, 0.29) is 19.2 Å². The zero-order valence-corrected chi connectivity index (χ0v) is 17.7. The van der Waals surface area contributed by atoms with Crippen LogP contribution >= 0.6 is 0 Å². The average molecular weight is 396 g/mol. The summed E-state index contributed by atoms with van der Waals surface area (Å²) < 4.78 is 28.1. The molecule has 2 rings (SSSR count). The highest BCUT2D eigenvalue weighted by atomic mass is 16.7. The number of aliphatic hydroxyl groups is 1. The van der Waals surface area contributed by atoms with Crippen LogP contribution in [0, 0.1) is 10.8 Å². The van der Waals surface area contributed by atoms with Gasteiger partial charge in [0, 0.05) is 11.5 Å². The Kier molecular flexibility index (Phi) is 7.31. The van der Waals surface area contributed by atoms with Crippen LogP contribution in [0.25, 0.3) is 0 Å². The molecule has 0 spiro atoms. The van der Waals surface area contributed by atoms with E-state index in [4.69, 9.17) is 23.7 Å². The second kappa shape index (κ2) is 9.11. The fourth-order valence-corrected chi connectivity index (χ4v) is 2.81. The van der Waals surface area contributed by atoms with Crippen LogP contribution in [0.5, 0.6) is 11.5 Å². The molecule has 1 N–H and O–H groups in total. The molecule has 1 aliphatic heterocycles. The molecule has 7 nitrogen and oxygen atoms in total. The zero-order chi connectivity index (χ0) is 20.9. The molecule has 0 amide bonds. The summed E-state index contributed by atoms with van der Waals surface area (Å²) in [6, 6.07) is 3.45. The average Bonchev–Trinajstić information content (AvgIpc) is 2.71. The first kappa shape index (κ1) is 22.5. The Labute approximate surface area is 166 Å². The van der Waals surface area contributed by atoms with Crippen molar-refractivity contribution < 1.29 is 33.6 Å². The number of benzene rings is 1. The normalized spacial score (nSPS) is 22.6. The molecule has 0 radical (unpaired) electrons. The molecule has 1 fully saturated rings. The van der Waals surface area contributed by atoms with E-state index in [1.54, 1.807) is 26.4 Å². The Morgan fingerprint density at radius 3 is 2.39 bits per heavy atom. The second-order valence-electron chi connectivity index (χ2n) is 8.14. The minimum Gasteiger partial charge on any atom is -0.497 e. The molecule has 0 aromatic heterocycles. The third kappa shape index (κ3) is 4.96. The lowest BCUT2D eigenvalue weighted by Gasteiger charge is -2.38. The van der Waals surface area contributed by atoms with Gasteiger partial charge in [0.05, 0.1) is 45.0 Å². The van der Waals surface area contributed by atoms with E-state index < -0.39 is 17.1 Å². The van der Waals surface area contributed by atoms with Gasteiger partial charge < -0.3 is 28.8 Å². The lowest BCUT2D eigenvalue weighted by Crippen LogP contribution is -2.42. The molecular formula is C21H32O7. The number of esters is 1. The summed E-state index contributed by atoms with van der Waals surface area (Å²) in [5.41, 5.74) is 0.287. The third-order valence-electron chi connectivity index (χ3n) is 5.22. The smallest absolute Gasteiger partial charge is 0.311 e.